The molecule has 4 nitrogen and oxygen atoms in total. The third kappa shape index (κ3) is 2.78. The SMILES string of the molecule is CC(C)c1noc(CC2CCCCN2)n1. The monoisotopic (exact) mass is 209 g/mol. The Hall–Kier alpha value is -0.900. The molecule has 1 aliphatic heterocycles. The zero-order chi connectivity index (χ0) is 10.7. The molecular weight excluding hydrogens is 190 g/mol. The first-order chi connectivity index (χ1) is 7.25. The van der Waals surface area contributed by atoms with Crippen LogP contribution in [0.2, 0.25) is 0 Å². The maximum Gasteiger partial charge on any atom is 0.228 e. The van der Waals surface area contributed by atoms with Gasteiger partial charge in [0.1, 0.15) is 0 Å². The fourth-order valence-corrected chi connectivity index (χ4v) is 1.89. The molecule has 15 heavy (non-hydrogen) atoms. The molecule has 0 amide bonds. The van der Waals surface area contributed by atoms with Crippen molar-refractivity contribution >= 4 is 0 Å². The van der Waals surface area contributed by atoms with Gasteiger partial charge in [-0.05, 0) is 19.4 Å². The lowest BCUT2D eigenvalue weighted by atomic mass is 10.0. The van der Waals surface area contributed by atoms with Gasteiger partial charge in [-0.25, -0.2) is 0 Å². The van der Waals surface area contributed by atoms with E-state index in [0.717, 1.165) is 24.7 Å². The van der Waals surface area contributed by atoms with Gasteiger partial charge < -0.3 is 9.84 Å². The second-order valence-corrected chi connectivity index (χ2v) is 4.55. The Bertz CT molecular complexity index is 303. The van der Waals surface area contributed by atoms with Crippen LogP contribution in [-0.2, 0) is 6.42 Å². The number of nitrogens with one attached hydrogen (secondary N) is 1. The van der Waals surface area contributed by atoms with E-state index in [9.17, 15) is 0 Å². The van der Waals surface area contributed by atoms with Gasteiger partial charge in [0, 0.05) is 18.4 Å². The maximum absolute atomic E-state index is 5.23. The quantitative estimate of drug-likeness (QED) is 0.825. The minimum Gasteiger partial charge on any atom is -0.339 e. The molecule has 1 fully saturated rings. The van der Waals surface area contributed by atoms with E-state index in [0.29, 0.717) is 12.0 Å². The third-order valence-electron chi connectivity index (χ3n) is 2.83. The van der Waals surface area contributed by atoms with Crippen molar-refractivity contribution in [2.24, 2.45) is 0 Å². The third-order valence-corrected chi connectivity index (χ3v) is 2.83. The summed E-state index contributed by atoms with van der Waals surface area (Å²) in [5, 5.41) is 7.45. The van der Waals surface area contributed by atoms with Gasteiger partial charge in [0.2, 0.25) is 5.89 Å². The van der Waals surface area contributed by atoms with Crippen LogP contribution in [0.15, 0.2) is 4.52 Å². The highest BCUT2D eigenvalue weighted by Gasteiger charge is 2.17. The van der Waals surface area contributed by atoms with Gasteiger partial charge in [0.15, 0.2) is 5.82 Å². The number of nitrogens with zero attached hydrogens (tertiary/aromatic N) is 2. The van der Waals surface area contributed by atoms with Crippen LogP contribution in [0.4, 0.5) is 0 Å². The Labute approximate surface area is 90.4 Å². The molecule has 0 spiro atoms. The van der Waals surface area contributed by atoms with Crippen molar-refractivity contribution < 1.29 is 4.52 Å². The number of hydrogen-bond acceptors (Lipinski definition) is 4. The Morgan fingerprint density at radius 3 is 2.93 bits per heavy atom. The van der Waals surface area contributed by atoms with Crippen molar-refractivity contribution in [3.8, 4) is 0 Å². The molecule has 1 aromatic rings. The van der Waals surface area contributed by atoms with Crippen LogP contribution in [0, 0.1) is 0 Å². The average molecular weight is 209 g/mol. The summed E-state index contributed by atoms with van der Waals surface area (Å²) in [6.07, 6.45) is 4.69. The summed E-state index contributed by atoms with van der Waals surface area (Å²) in [6.45, 7) is 5.27. The van der Waals surface area contributed by atoms with Crippen molar-refractivity contribution in [1.29, 1.82) is 0 Å². The van der Waals surface area contributed by atoms with Crippen LogP contribution in [-0.4, -0.2) is 22.7 Å². The molecule has 4 heteroatoms. The first-order valence-corrected chi connectivity index (χ1v) is 5.81. The summed E-state index contributed by atoms with van der Waals surface area (Å²) in [6, 6.07) is 0.527. The predicted molar refractivity (Wildman–Crippen MR) is 57.7 cm³/mol. The number of piperidine rings is 1. The van der Waals surface area contributed by atoms with Crippen molar-refractivity contribution in [2.45, 2.75) is 51.5 Å². The van der Waals surface area contributed by atoms with Crippen molar-refractivity contribution in [3.63, 3.8) is 0 Å². The Morgan fingerprint density at radius 2 is 2.33 bits per heavy atom. The lowest BCUT2D eigenvalue weighted by Gasteiger charge is -2.21. The molecule has 0 aromatic carbocycles. The summed E-state index contributed by atoms with van der Waals surface area (Å²) < 4.78 is 5.23. The zero-order valence-corrected chi connectivity index (χ0v) is 9.49. The van der Waals surface area contributed by atoms with Crippen LogP contribution < -0.4 is 5.32 Å². The topological polar surface area (TPSA) is 51.0 Å². The van der Waals surface area contributed by atoms with Crippen LogP contribution in [0.5, 0.6) is 0 Å². The molecule has 0 saturated carbocycles. The van der Waals surface area contributed by atoms with Crippen LogP contribution in [0.25, 0.3) is 0 Å². The van der Waals surface area contributed by atoms with Gasteiger partial charge >= 0.3 is 0 Å². The van der Waals surface area contributed by atoms with E-state index in [4.69, 9.17) is 4.52 Å². The summed E-state index contributed by atoms with van der Waals surface area (Å²) in [5.74, 6) is 1.95. The summed E-state index contributed by atoms with van der Waals surface area (Å²) in [4.78, 5) is 4.39. The van der Waals surface area contributed by atoms with E-state index < -0.39 is 0 Å². The van der Waals surface area contributed by atoms with E-state index in [-0.39, 0.29) is 0 Å². The lowest BCUT2D eigenvalue weighted by molar-refractivity contribution is 0.329. The lowest BCUT2D eigenvalue weighted by Crippen LogP contribution is -2.35. The van der Waals surface area contributed by atoms with E-state index in [1.807, 2.05) is 0 Å². The fraction of sp³-hybridized carbons (Fsp3) is 0.818. The Morgan fingerprint density at radius 1 is 1.47 bits per heavy atom. The van der Waals surface area contributed by atoms with Crippen LogP contribution in [0.1, 0.15) is 50.7 Å². The second kappa shape index (κ2) is 4.75. The van der Waals surface area contributed by atoms with E-state index >= 15 is 0 Å². The van der Waals surface area contributed by atoms with Crippen LogP contribution >= 0.6 is 0 Å². The summed E-state index contributed by atoms with van der Waals surface area (Å²) in [5.41, 5.74) is 0. The van der Waals surface area contributed by atoms with Gasteiger partial charge in [0.05, 0.1) is 0 Å². The summed E-state index contributed by atoms with van der Waals surface area (Å²) in [7, 11) is 0. The molecule has 1 atom stereocenters. The molecule has 2 rings (SSSR count). The van der Waals surface area contributed by atoms with E-state index in [1.165, 1.54) is 19.3 Å². The van der Waals surface area contributed by atoms with Crippen molar-refractivity contribution in [2.75, 3.05) is 6.54 Å². The number of aromatic nitrogens is 2. The second-order valence-electron chi connectivity index (χ2n) is 4.55. The van der Waals surface area contributed by atoms with Gasteiger partial charge in [-0.2, -0.15) is 4.98 Å². The van der Waals surface area contributed by atoms with Crippen LogP contribution in [0.3, 0.4) is 0 Å². The molecule has 0 bridgehead atoms. The standard InChI is InChI=1S/C11H19N3O/c1-8(2)11-13-10(15-14-11)7-9-5-3-4-6-12-9/h8-9,12H,3-7H2,1-2H3. The Kier molecular flexibility index (Phi) is 3.36. The molecular formula is C11H19N3O. The molecule has 1 unspecified atom stereocenters. The molecule has 0 aliphatic carbocycles. The molecule has 1 aromatic heterocycles. The highest BCUT2D eigenvalue weighted by Crippen LogP contribution is 2.14. The molecule has 1 aliphatic rings. The minimum absolute atomic E-state index is 0.349. The van der Waals surface area contributed by atoms with Gasteiger partial charge in [0.25, 0.3) is 0 Å². The van der Waals surface area contributed by atoms with E-state index in [2.05, 4.69) is 29.3 Å². The first-order valence-electron chi connectivity index (χ1n) is 5.81. The molecule has 2 heterocycles. The van der Waals surface area contributed by atoms with Crippen molar-refractivity contribution in [1.82, 2.24) is 15.5 Å². The Balaban J connectivity index is 1.91. The maximum atomic E-state index is 5.23. The van der Waals surface area contributed by atoms with Crippen molar-refractivity contribution in [3.05, 3.63) is 11.7 Å². The molecule has 0 radical (unpaired) electrons. The predicted octanol–water partition coefficient (Wildman–Crippen LogP) is 1.88. The largest absolute Gasteiger partial charge is 0.339 e. The highest BCUT2D eigenvalue weighted by molar-refractivity contribution is 4.94. The zero-order valence-electron chi connectivity index (χ0n) is 9.49. The number of rotatable bonds is 3. The van der Waals surface area contributed by atoms with Gasteiger partial charge in [-0.1, -0.05) is 25.4 Å². The molecule has 1 N–H and O–H groups in total. The normalized spacial score (nSPS) is 22.2. The average Bonchev–Trinajstić information content (AvgIpc) is 2.68. The van der Waals surface area contributed by atoms with E-state index in [1.54, 1.807) is 0 Å². The number of hydrogen-bond donors (Lipinski definition) is 1. The minimum atomic E-state index is 0.349. The van der Waals surface area contributed by atoms with Gasteiger partial charge in [-0.3, -0.25) is 0 Å². The highest BCUT2D eigenvalue weighted by atomic mass is 16.5. The smallest absolute Gasteiger partial charge is 0.228 e. The summed E-state index contributed by atoms with van der Waals surface area (Å²) >= 11 is 0. The fourth-order valence-electron chi connectivity index (χ4n) is 1.89. The van der Waals surface area contributed by atoms with Gasteiger partial charge in [-0.15, -0.1) is 0 Å². The first kappa shape index (κ1) is 10.6. The molecule has 1 saturated heterocycles. The molecule has 84 valence electrons.